The van der Waals surface area contributed by atoms with Crippen LogP contribution >= 0.6 is 23.2 Å². The van der Waals surface area contributed by atoms with Gasteiger partial charge in [-0.15, -0.1) is 0 Å². The number of nitrogens with one attached hydrogen (secondary N) is 2. The lowest BCUT2D eigenvalue weighted by Gasteiger charge is -2.08. The van der Waals surface area contributed by atoms with Crippen LogP contribution in [0.1, 0.15) is 11.1 Å². The van der Waals surface area contributed by atoms with Crippen molar-refractivity contribution in [3.05, 3.63) is 69.7 Å². The Labute approximate surface area is 134 Å². The average Bonchev–Trinajstić information content (AvgIpc) is 2.45. The summed E-state index contributed by atoms with van der Waals surface area (Å²) in [5.41, 5.74) is 2.06. The lowest BCUT2D eigenvalue weighted by molar-refractivity contribution is 0.240. The normalized spacial score (nSPS) is 10.2. The second kappa shape index (κ2) is 7.91. The van der Waals surface area contributed by atoms with Gasteiger partial charge in [-0.05, 0) is 41.8 Å². The Bertz CT molecular complexity index is 617. The topological polar surface area (TPSA) is 41.1 Å². The number of benzene rings is 2. The summed E-state index contributed by atoms with van der Waals surface area (Å²) < 4.78 is 0. The fourth-order valence-electron chi connectivity index (χ4n) is 1.90. The first-order valence-electron chi connectivity index (χ1n) is 6.64. The van der Waals surface area contributed by atoms with Gasteiger partial charge in [0.25, 0.3) is 0 Å². The molecule has 0 saturated heterocycles. The Morgan fingerprint density at radius 2 is 1.52 bits per heavy atom. The van der Waals surface area contributed by atoms with Crippen LogP contribution in [0.5, 0.6) is 0 Å². The summed E-state index contributed by atoms with van der Waals surface area (Å²) in [6, 6.07) is 14.8. The molecule has 110 valence electrons. The first-order valence-corrected chi connectivity index (χ1v) is 7.39. The zero-order valence-electron chi connectivity index (χ0n) is 11.4. The van der Waals surface area contributed by atoms with Gasteiger partial charge in [0.2, 0.25) is 0 Å². The summed E-state index contributed by atoms with van der Waals surface area (Å²) in [7, 11) is 0. The van der Waals surface area contributed by atoms with Gasteiger partial charge in [0.15, 0.2) is 0 Å². The number of rotatable bonds is 5. The number of halogens is 2. The molecule has 0 heterocycles. The van der Waals surface area contributed by atoms with Gasteiger partial charge in [-0.2, -0.15) is 0 Å². The van der Waals surface area contributed by atoms with Crippen LogP contribution in [0.3, 0.4) is 0 Å². The van der Waals surface area contributed by atoms with Gasteiger partial charge in [0.1, 0.15) is 0 Å². The highest BCUT2D eigenvalue weighted by molar-refractivity contribution is 6.30. The Balaban J connectivity index is 1.70. The van der Waals surface area contributed by atoms with Crippen LogP contribution in [0.25, 0.3) is 0 Å². The van der Waals surface area contributed by atoms with E-state index in [1.54, 1.807) is 6.07 Å². The number of carbonyl (C=O) groups excluding carboxylic acids is 1. The van der Waals surface area contributed by atoms with Crippen LogP contribution in [0.15, 0.2) is 48.5 Å². The van der Waals surface area contributed by atoms with Crippen molar-refractivity contribution in [2.45, 2.75) is 13.0 Å². The van der Waals surface area contributed by atoms with Crippen molar-refractivity contribution in [1.82, 2.24) is 10.6 Å². The van der Waals surface area contributed by atoms with E-state index in [4.69, 9.17) is 23.2 Å². The lowest BCUT2D eigenvalue weighted by atomic mass is 10.1. The third-order valence-corrected chi connectivity index (χ3v) is 3.40. The van der Waals surface area contributed by atoms with Crippen molar-refractivity contribution >= 4 is 29.2 Å². The maximum absolute atomic E-state index is 11.7. The van der Waals surface area contributed by atoms with E-state index < -0.39 is 0 Å². The molecule has 2 rings (SSSR count). The molecule has 0 aliphatic heterocycles. The predicted octanol–water partition coefficient (Wildman–Crippen LogP) is 4.04. The summed E-state index contributed by atoms with van der Waals surface area (Å²) in [6.07, 6.45) is 0.741. The Morgan fingerprint density at radius 1 is 0.905 bits per heavy atom. The number of hydrogen-bond acceptors (Lipinski definition) is 1. The van der Waals surface area contributed by atoms with Crippen molar-refractivity contribution in [1.29, 1.82) is 0 Å². The molecule has 0 spiro atoms. The molecule has 0 saturated carbocycles. The van der Waals surface area contributed by atoms with Crippen LogP contribution in [0.2, 0.25) is 10.0 Å². The van der Waals surface area contributed by atoms with Crippen LogP contribution in [0.4, 0.5) is 4.79 Å². The fraction of sp³-hybridized carbons (Fsp3) is 0.188. The summed E-state index contributed by atoms with van der Waals surface area (Å²) in [5.74, 6) is 0. The Hall–Kier alpha value is -1.71. The quantitative estimate of drug-likeness (QED) is 0.857. The molecule has 0 aliphatic carbocycles. The zero-order valence-corrected chi connectivity index (χ0v) is 12.9. The standard InChI is InChI=1S/C16H16Cl2N2O/c17-14-5-1-3-12(9-14)7-8-19-16(21)20-11-13-4-2-6-15(18)10-13/h1-6,9-10H,7-8,11H2,(H2,19,20,21). The summed E-state index contributed by atoms with van der Waals surface area (Å²) >= 11 is 11.8. The monoisotopic (exact) mass is 322 g/mol. The highest BCUT2D eigenvalue weighted by Crippen LogP contribution is 2.11. The molecule has 2 aromatic carbocycles. The molecule has 3 nitrogen and oxygen atoms in total. The van der Waals surface area contributed by atoms with Crippen LogP contribution in [-0.4, -0.2) is 12.6 Å². The number of urea groups is 1. The van der Waals surface area contributed by atoms with E-state index in [-0.39, 0.29) is 6.03 Å². The van der Waals surface area contributed by atoms with Gasteiger partial charge in [-0.3, -0.25) is 0 Å². The Kier molecular flexibility index (Phi) is 5.90. The third-order valence-electron chi connectivity index (χ3n) is 2.93. The van der Waals surface area contributed by atoms with Gasteiger partial charge in [-0.25, -0.2) is 4.79 Å². The van der Waals surface area contributed by atoms with Gasteiger partial charge < -0.3 is 10.6 Å². The molecule has 0 aromatic heterocycles. The van der Waals surface area contributed by atoms with Crippen molar-refractivity contribution < 1.29 is 4.79 Å². The van der Waals surface area contributed by atoms with E-state index in [2.05, 4.69) is 10.6 Å². The minimum absolute atomic E-state index is 0.197. The van der Waals surface area contributed by atoms with Crippen LogP contribution < -0.4 is 10.6 Å². The van der Waals surface area contributed by atoms with Gasteiger partial charge in [0, 0.05) is 23.1 Å². The molecule has 2 N–H and O–H groups in total. The number of amides is 2. The highest BCUT2D eigenvalue weighted by Gasteiger charge is 2.01. The fourth-order valence-corrected chi connectivity index (χ4v) is 2.33. The second-order valence-electron chi connectivity index (χ2n) is 4.62. The number of carbonyl (C=O) groups is 1. The molecule has 0 atom stereocenters. The van der Waals surface area contributed by atoms with Crippen molar-refractivity contribution in [3.8, 4) is 0 Å². The van der Waals surface area contributed by atoms with Crippen molar-refractivity contribution in [2.75, 3.05) is 6.54 Å². The molecule has 0 fully saturated rings. The van der Waals surface area contributed by atoms with Crippen molar-refractivity contribution in [3.63, 3.8) is 0 Å². The van der Waals surface area contributed by atoms with Crippen LogP contribution in [0, 0.1) is 0 Å². The minimum Gasteiger partial charge on any atom is -0.338 e. The van der Waals surface area contributed by atoms with E-state index >= 15 is 0 Å². The lowest BCUT2D eigenvalue weighted by Crippen LogP contribution is -2.36. The SMILES string of the molecule is O=C(NCCc1cccc(Cl)c1)NCc1cccc(Cl)c1. The van der Waals surface area contributed by atoms with E-state index in [1.165, 1.54) is 0 Å². The smallest absolute Gasteiger partial charge is 0.315 e. The molecule has 2 aromatic rings. The van der Waals surface area contributed by atoms with Gasteiger partial charge in [0.05, 0.1) is 0 Å². The number of hydrogen-bond donors (Lipinski definition) is 2. The highest BCUT2D eigenvalue weighted by atomic mass is 35.5. The molecule has 0 radical (unpaired) electrons. The van der Waals surface area contributed by atoms with Crippen LogP contribution in [-0.2, 0) is 13.0 Å². The van der Waals surface area contributed by atoms with Gasteiger partial charge >= 0.3 is 6.03 Å². The first-order chi connectivity index (χ1) is 10.1. The summed E-state index contributed by atoms with van der Waals surface area (Å²) in [4.78, 5) is 11.7. The Morgan fingerprint density at radius 3 is 2.19 bits per heavy atom. The maximum Gasteiger partial charge on any atom is 0.315 e. The second-order valence-corrected chi connectivity index (χ2v) is 5.49. The molecule has 21 heavy (non-hydrogen) atoms. The summed E-state index contributed by atoms with van der Waals surface area (Å²) in [6.45, 7) is 1.01. The largest absolute Gasteiger partial charge is 0.338 e. The predicted molar refractivity (Wildman–Crippen MR) is 86.8 cm³/mol. The van der Waals surface area contributed by atoms with E-state index in [0.29, 0.717) is 23.1 Å². The molecular formula is C16H16Cl2N2O. The van der Waals surface area contributed by atoms with E-state index in [0.717, 1.165) is 17.5 Å². The maximum atomic E-state index is 11.7. The molecule has 0 aliphatic rings. The zero-order chi connectivity index (χ0) is 15.1. The molecule has 5 heteroatoms. The third kappa shape index (κ3) is 5.66. The molecular weight excluding hydrogens is 307 g/mol. The summed E-state index contributed by atoms with van der Waals surface area (Å²) in [5, 5.41) is 6.97. The average molecular weight is 323 g/mol. The van der Waals surface area contributed by atoms with Gasteiger partial charge in [-0.1, -0.05) is 47.5 Å². The minimum atomic E-state index is -0.197. The first kappa shape index (κ1) is 15.7. The van der Waals surface area contributed by atoms with Crippen molar-refractivity contribution in [2.24, 2.45) is 0 Å². The molecule has 2 amide bonds. The molecule has 0 unspecified atom stereocenters. The van der Waals surface area contributed by atoms with E-state index in [9.17, 15) is 4.79 Å². The van der Waals surface area contributed by atoms with E-state index in [1.807, 2.05) is 42.5 Å². The molecule has 0 bridgehead atoms.